The van der Waals surface area contributed by atoms with Crippen LogP contribution in [0.25, 0.3) is 0 Å². The molecule has 2 heteroatoms. The summed E-state index contributed by atoms with van der Waals surface area (Å²) in [6.07, 6.45) is 6.01. The van der Waals surface area contributed by atoms with Crippen molar-refractivity contribution in [1.82, 2.24) is 0 Å². The fourth-order valence-electron chi connectivity index (χ4n) is 1.85. The summed E-state index contributed by atoms with van der Waals surface area (Å²) in [5, 5.41) is 11.1. The van der Waals surface area contributed by atoms with E-state index in [0.717, 1.165) is 12.3 Å². The van der Waals surface area contributed by atoms with Crippen molar-refractivity contribution in [1.29, 1.82) is 0 Å². The van der Waals surface area contributed by atoms with Crippen molar-refractivity contribution < 1.29 is 5.11 Å². The van der Waals surface area contributed by atoms with Crippen LogP contribution in [0.15, 0.2) is 0 Å². The van der Waals surface area contributed by atoms with E-state index in [1.807, 2.05) is 11.8 Å². The van der Waals surface area contributed by atoms with Crippen LogP contribution in [-0.2, 0) is 0 Å². The molecule has 0 spiro atoms. The maximum Gasteiger partial charge on any atom is 0.0658 e. The van der Waals surface area contributed by atoms with Gasteiger partial charge in [-0.15, -0.1) is 0 Å². The lowest BCUT2D eigenvalue weighted by Gasteiger charge is -2.25. The van der Waals surface area contributed by atoms with E-state index in [0.29, 0.717) is 10.5 Å². The van der Waals surface area contributed by atoms with Crippen LogP contribution in [0.4, 0.5) is 0 Å². The average molecular weight is 216 g/mol. The number of thioether (sulfide) groups is 1. The van der Waals surface area contributed by atoms with Crippen LogP contribution in [0.2, 0.25) is 0 Å². The summed E-state index contributed by atoms with van der Waals surface area (Å²) < 4.78 is 0. The Morgan fingerprint density at radius 3 is 2.36 bits per heavy atom. The number of rotatable bonds is 3. The normalized spacial score (nSPS) is 31.5. The first-order chi connectivity index (χ1) is 6.61. The van der Waals surface area contributed by atoms with Gasteiger partial charge in [-0.05, 0) is 18.8 Å². The zero-order chi connectivity index (χ0) is 10.6. The predicted octanol–water partition coefficient (Wildman–Crippen LogP) is 3.46. The van der Waals surface area contributed by atoms with Gasteiger partial charge in [0, 0.05) is 10.5 Å². The Morgan fingerprint density at radius 2 is 1.71 bits per heavy atom. The quantitative estimate of drug-likeness (QED) is 0.729. The molecule has 3 atom stereocenters. The highest BCUT2D eigenvalue weighted by atomic mass is 32.2. The van der Waals surface area contributed by atoms with Crippen LogP contribution >= 0.6 is 11.8 Å². The Bertz CT molecular complexity index is 158. The molecule has 1 saturated carbocycles. The molecule has 0 aromatic rings. The topological polar surface area (TPSA) is 20.2 Å². The Balaban J connectivity index is 2.40. The van der Waals surface area contributed by atoms with Gasteiger partial charge in [0.05, 0.1) is 6.10 Å². The third kappa shape index (κ3) is 3.82. The Labute approximate surface area is 92.7 Å². The third-order valence-electron chi connectivity index (χ3n) is 3.25. The zero-order valence-electron chi connectivity index (χ0n) is 9.70. The van der Waals surface area contributed by atoms with Gasteiger partial charge in [0.2, 0.25) is 0 Å². The summed E-state index contributed by atoms with van der Waals surface area (Å²) in [4.78, 5) is 0. The number of aliphatic hydroxyl groups is 1. The molecule has 0 saturated heterocycles. The van der Waals surface area contributed by atoms with Crippen LogP contribution in [0.3, 0.4) is 0 Å². The molecule has 1 nitrogen and oxygen atoms in total. The summed E-state index contributed by atoms with van der Waals surface area (Å²) in [6.45, 7) is 6.81. The maximum absolute atomic E-state index is 9.96. The van der Waals surface area contributed by atoms with E-state index < -0.39 is 0 Å². The molecule has 1 aliphatic rings. The van der Waals surface area contributed by atoms with Gasteiger partial charge in [-0.1, -0.05) is 40.0 Å². The lowest BCUT2D eigenvalue weighted by Crippen LogP contribution is -2.24. The van der Waals surface area contributed by atoms with Gasteiger partial charge >= 0.3 is 0 Å². The van der Waals surface area contributed by atoms with Crippen LogP contribution < -0.4 is 0 Å². The van der Waals surface area contributed by atoms with Gasteiger partial charge in [-0.2, -0.15) is 11.8 Å². The highest BCUT2D eigenvalue weighted by molar-refractivity contribution is 8.00. The molecule has 0 amide bonds. The van der Waals surface area contributed by atoms with E-state index >= 15 is 0 Å². The van der Waals surface area contributed by atoms with E-state index in [1.165, 1.54) is 25.7 Å². The minimum absolute atomic E-state index is 0.0521. The first kappa shape index (κ1) is 12.4. The van der Waals surface area contributed by atoms with Crippen molar-refractivity contribution in [3.63, 3.8) is 0 Å². The van der Waals surface area contributed by atoms with Crippen LogP contribution in [0.1, 0.15) is 52.9 Å². The lowest BCUT2D eigenvalue weighted by atomic mass is 10.1. The van der Waals surface area contributed by atoms with E-state index in [4.69, 9.17) is 0 Å². The first-order valence-corrected chi connectivity index (χ1v) is 6.89. The monoisotopic (exact) mass is 216 g/mol. The van der Waals surface area contributed by atoms with Gasteiger partial charge in [-0.3, -0.25) is 0 Å². The molecule has 3 unspecified atom stereocenters. The van der Waals surface area contributed by atoms with Gasteiger partial charge in [0.15, 0.2) is 0 Å². The molecule has 0 radical (unpaired) electrons. The minimum atomic E-state index is -0.0521. The Morgan fingerprint density at radius 1 is 1.07 bits per heavy atom. The van der Waals surface area contributed by atoms with Crippen molar-refractivity contribution >= 4 is 11.8 Å². The Kier molecular flexibility index (Phi) is 5.32. The molecule has 0 aromatic carbocycles. The molecule has 14 heavy (non-hydrogen) atoms. The molecular formula is C12H24OS. The second-order valence-corrected chi connectivity index (χ2v) is 6.45. The fourth-order valence-corrected chi connectivity index (χ4v) is 3.33. The Hall–Kier alpha value is 0.310. The largest absolute Gasteiger partial charge is 0.392 e. The van der Waals surface area contributed by atoms with Crippen molar-refractivity contribution in [3.05, 3.63) is 0 Å². The van der Waals surface area contributed by atoms with E-state index in [1.54, 1.807) is 0 Å². The molecule has 1 N–H and O–H groups in total. The second kappa shape index (κ2) is 6.02. The molecular weight excluding hydrogens is 192 g/mol. The smallest absolute Gasteiger partial charge is 0.0658 e. The number of hydrogen-bond acceptors (Lipinski definition) is 2. The van der Waals surface area contributed by atoms with E-state index in [2.05, 4.69) is 20.8 Å². The van der Waals surface area contributed by atoms with Crippen LogP contribution in [-0.4, -0.2) is 21.7 Å². The summed E-state index contributed by atoms with van der Waals surface area (Å²) in [5.74, 6) is 0.718. The highest BCUT2D eigenvalue weighted by Crippen LogP contribution is 2.32. The van der Waals surface area contributed by atoms with E-state index in [-0.39, 0.29) is 6.10 Å². The fraction of sp³-hybridized carbons (Fsp3) is 1.00. The second-order valence-electron chi connectivity index (χ2n) is 4.83. The van der Waals surface area contributed by atoms with Gasteiger partial charge in [0.25, 0.3) is 0 Å². The summed E-state index contributed by atoms with van der Waals surface area (Å²) >= 11 is 2.00. The summed E-state index contributed by atoms with van der Waals surface area (Å²) in [5.41, 5.74) is 0. The first-order valence-electron chi connectivity index (χ1n) is 5.94. The lowest BCUT2D eigenvalue weighted by molar-refractivity contribution is 0.163. The molecule has 0 heterocycles. The third-order valence-corrected chi connectivity index (χ3v) is 5.12. The predicted molar refractivity (Wildman–Crippen MR) is 64.8 cm³/mol. The molecule has 0 aromatic heterocycles. The van der Waals surface area contributed by atoms with Crippen LogP contribution in [0.5, 0.6) is 0 Å². The molecule has 0 aliphatic heterocycles. The SMILES string of the molecule is CC(C)C(C)SC1CCCCCC1O. The van der Waals surface area contributed by atoms with Crippen molar-refractivity contribution in [2.45, 2.75) is 69.5 Å². The van der Waals surface area contributed by atoms with E-state index in [9.17, 15) is 5.11 Å². The van der Waals surface area contributed by atoms with Gasteiger partial charge < -0.3 is 5.11 Å². The number of aliphatic hydroxyl groups excluding tert-OH is 1. The van der Waals surface area contributed by atoms with Crippen molar-refractivity contribution in [3.8, 4) is 0 Å². The molecule has 1 rings (SSSR count). The minimum Gasteiger partial charge on any atom is -0.392 e. The summed E-state index contributed by atoms with van der Waals surface area (Å²) in [7, 11) is 0. The van der Waals surface area contributed by atoms with Crippen LogP contribution in [0, 0.1) is 5.92 Å². The zero-order valence-corrected chi connectivity index (χ0v) is 10.5. The average Bonchev–Trinajstić information content (AvgIpc) is 2.32. The highest BCUT2D eigenvalue weighted by Gasteiger charge is 2.24. The molecule has 0 bridgehead atoms. The summed E-state index contributed by atoms with van der Waals surface area (Å²) in [6, 6.07) is 0. The van der Waals surface area contributed by atoms with Crippen molar-refractivity contribution in [2.75, 3.05) is 0 Å². The number of hydrogen-bond donors (Lipinski definition) is 1. The molecule has 1 aliphatic carbocycles. The standard InChI is InChI=1S/C12H24OS/c1-9(2)10(3)14-12-8-6-4-5-7-11(12)13/h9-13H,4-8H2,1-3H3. The molecule has 84 valence electrons. The molecule has 1 fully saturated rings. The van der Waals surface area contributed by atoms with Crippen molar-refractivity contribution in [2.24, 2.45) is 5.92 Å². The van der Waals surface area contributed by atoms with Gasteiger partial charge in [0.1, 0.15) is 0 Å². The van der Waals surface area contributed by atoms with Gasteiger partial charge in [-0.25, -0.2) is 0 Å². The maximum atomic E-state index is 9.96.